The number of hydrogen-bond acceptors (Lipinski definition) is 8. The van der Waals surface area contributed by atoms with E-state index in [0.29, 0.717) is 17.6 Å². The summed E-state index contributed by atoms with van der Waals surface area (Å²) in [7, 11) is 0. The minimum atomic E-state index is -0.845. The summed E-state index contributed by atoms with van der Waals surface area (Å²) in [5.74, 6) is -0.548. The molecule has 1 amide bonds. The van der Waals surface area contributed by atoms with Crippen LogP contribution in [0.4, 0.5) is 5.13 Å². The minimum Gasteiger partial charge on any atom is -0.372 e. The molecule has 0 saturated carbocycles. The SMILES string of the molecule is CCCCO[C@H]1[C@@H](C(=O)Nc2nc(-c3ccccc3)ns2)OC2OC(C)(C)O[C@@H]21. The average Bonchev–Trinajstić information content (AvgIpc) is 3.36. The van der Waals surface area contributed by atoms with E-state index in [1.54, 1.807) is 0 Å². The maximum Gasteiger partial charge on any atom is 0.258 e. The summed E-state index contributed by atoms with van der Waals surface area (Å²) < 4.78 is 27.9. The highest BCUT2D eigenvalue weighted by Gasteiger charge is 2.57. The normalized spacial score (nSPS) is 27.7. The van der Waals surface area contributed by atoms with Gasteiger partial charge in [0, 0.05) is 23.7 Å². The Hall–Kier alpha value is -1.91. The second kappa shape index (κ2) is 8.45. The lowest BCUT2D eigenvalue weighted by molar-refractivity contribution is -0.217. The molecule has 29 heavy (non-hydrogen) atoms. The lowest BCUT2D eigenvalue weighted by Gasteiger charge is -2.25. The van der Waals surface area contributed by atoms with Crippen LogP contribution in [0.25, 0.3) is 11.4 Å². The molecule has 4 atom stereocenters. The topological polar surface area (TPSA) is 91.8 Å². The van der Waals surface area contributed by atoms with Crippen LogP contribution in [-0.2, 0) is 23.7 Å². The lowest BCUT2D eigenvalue weighted by atomic mass is 10.1. The van der Waals surface area contributed by atoms with Crippen LogP contribution in [0.1, 0.15) is 33.6 Å². The molecule has 2 saturated heterocycles. The second-order valence-electron chi connectivity index (χ2n) is 7.49. The molecule has 2 fully saturated rings. The van der Waals surface area contributed by atoms with E-state index in [1.807, 2.05) is 44.2 Å². The number of hydrogen-bond donors (Lipinski definition) is 1. The minimum absolute atomic E-state index is 0.346. The molecule has 1 aromatic carbocycles. The van der Waals surface area contributed by atoms with Gasteiger partial charge >= 0.3 is 0 Å². The van der Waals surface area contributed by atoms with Gasteiger partial charge in [0.15, 0.2) is 24.0 Å². The van der Waals surface area contributed by atoms with E-state index in [1.165, 1.54) is 0 Å². The molecule has 9 heteroatoms. The first-order chi connectivity index (χ1) is 14.0. The second-order valence-corrected chi connectivity index (χ2v) is 8.24. The summed E-state index contributed by atoms with van der Waals surface area (Å²) in [6.45, 7) is 6.25. The number of ether oxygens (including phenoxy) is 4. The molecule has 8 nitrogen and oxygen atoms in total. The summed E-state index contributed by atoms with van der Waals surface area (Å²) in [6, 6.07) is 9.60. The third-order valence-electron chi connectivity index (χ3n) is 4.75. The third kappa shape index (κ3) is 4.49. The number of nitrogens with zero attached hydrogens (tertiary/aromatic N) is 2. The van der Waals surface area contributed by atoms with Gasteiger partial charge in [-0.05, 0) is 20.3 Å². The largest absolute Gasteiger partial charge is 0.372 e. The smallest absolute Gasteiger partial charge is 0.258 e. The molecule has 0 bridgehead atoms. The van der Waals surface area contributed by atoms with Crippen LogP contribution < -0.4 is 5.32 Å². The van der Waals surface area contributed by atoms with Crippen LogP contribution in [0, 0.1) is 0 Å². The zero-order valence-electron chi connectivity index (χ0n) is 16.7. The zero-order valence-corrected chi connectivity index (χ0v) is 17.5. The van der Waals surface area contributed by atoms with E-state index >= 15 is 0 Å². The summed E-state index contributed by atoms with van der Waals surface area (Å²) in [5, 5.41) is 3.20. The number of aromatic nitrogens is 2. The summed E-state index contributed by atoms with van der Waals surface area (Å²) in [4.78, 5) is 17.3. The molecule has 2 aliphatic heterocycles. The quantitative estimate of drug-likeness (QED) is 0.689. The number of unbranched alkanes of at least 4 members (excludes halogenated alkanes) is 1. The number of amides is 1. The van der Waals surface area contributed by atoms with Crippen LogP contribution >= 0.6 is 11.5 Å². The monoisotopic (exact) mass is 419 g/mol. The van der Waals surface area contributed by atoms with Crippen molar-refractivity contribution in [3.63, 3.8) is 0 Å². The number of carbonyl (C=O) groups is 1. The highest BCUT2D eigenvalue weighted by molar-refractivity contribution is 7.10. The third-order valence-corrected chi connectivity index (χ3v) is 5.38. The van der Waals surface area contributed by atoms with Crippen molar-refractivity contribution in [1.82, 2.24) is 9.36 Å². The Morgan fingerprint density at radius 1 is 1.28 bits per heavy atom. The zero-order chi connectivity index (χ0) is 20.4. The fourth-order valence-corrected chi connectivity index (χ4v) is 3.98. The molecular weight excluding hydrogens is 394 g/mol. The first kappa shape index (κ1) is 20.4. The molecule has 2 aromatic rings. The van der Waals surface area contributed by atoms with Crippen molar-refractivity contribution in [2.45, 2.75) is 64.0 Å². The van der Waals surface area contributed by atoms with E-state index in [2.05, 4.69) is 21.6 Å². The van der Waals surface area contributed by atoms with Gasteiger partial charge in [-0.1, -0.05) is 43.7 Å². The van der Waals surface area contributed by atoms with Gasteiger partial charge in [0.2, 0.25) is 5.13 Å². The number of fused-ring (bicyclic) bond motifs is 1. The first-order valence-corrected chi connectivity index (χ1v) is 10.6. The van der Waals surface area contributed by atoms with Gasteiger partial charge in [0.05, 0.1) is 0 Å². The number of rotatable bonds is 7. The Balaban J connectivity index is 1.45. The van der Waals surface area contributed by atoms with Gasteiger partial charge in [0.25, 0.3) is 5.91 Å². The van der Waals surface area contributed by atoms with Crippen molar-refractivity contribution >= 4 is 22.6 Å². The van der Waals surface area contributed by atoms with E-state index in [-0.39, 0.29) is 5.91 Å². The average molecular weight is 420 g/mol. The molecule has 0 spiro atoms. The highest BCUT2D eigenvalue weighted by Crippen LogP contribution is 2.39. The van der Waals surface area contributed by atoms with Crippen molar-refractivity contribution < 1.29 is 23.7 Å². The van der Waals surface area contributed by atoms with Crippen LogP contribution in [0.2, 0.25) is 0 Å². The molecule has 2 aliphatic rings. The van der Waals surface area contributed by atoms with Gasteiger partial charge in [-0.3, -0.25) is 10.1 Å². The molecule has 4 rings (SSSR count). The fourth-order valence-electron chi connectivity index (χ4n) is 3.39. The number of benzene rings is 1. The van der Waals surface area contributed by atoms with Crippen molar-refractivity contribution in [3.05, 3.63) is 30.3 Å². The molecular formula is C20H25N3O5S. The number of anilines is 1. The van der Waals surface area contributed by atoms with Crippen molar-refractivity contribution in [2.24, 2.45) is 0 Å². The van der Waals surface area contributed by atoms with Gasteiger partial charge in [-0.2, -0.15) is 9.36 Å². The summed E-state index contributed by atoms with van der Waals surface area (Å²) in [6.07, 6.45) is -0.594. The molecule has 0 aliphatic carbocycles. The van der Waals surface area contributed by atoms with Crippen molar-refractivity contribution in [1.29, 1.82) is 0 Å². The van der Waals surface area contributed by atoms with E-state index in [4.69, 9.17) is 18.9 Å². The molecule has 1 unspecified atom stereocenters. The molecule has 1 N–H and O–H groups in total. The standard InChI is InChI=1S/C20H25N3O5S/c1-4-5-11-25-13-14(26-18-15(13)27-20(2,3)28-18)17(24)22-19-21-16(23-29-19)12-9-7-6-8-10-12/h6-10,13-15,18H,4-5,11H2,1-3H3,(H,21,22,23,24)/t13-,14-,15+,18?/m0/s1. The van der Waals surface area contributed by atoms with Gasteiger partial charge in [0.1, 0.15) is 12.2 Å². The Kier molecular flexibility index (Phi) is 5.93. The molecule has 3 heterocycles. The maximum absolute atomic E-state index is 12.9. The van der Waals surface area contributed by atoms with Crippen LogP contribution in [0.5, 0.6) is 0 Å². The van der Waals surface area contributed by atoms with Gasteiger partial charge in [-0.15, -0.1) is 0 Å². The Morgan fingerprint density at radius 2 is 2.07 bits per heavy atom. The Bertz CT molecular complexity index is 844. The first-order valence-electron chi connectivity index (χ1n) is 9.79. The Labute approximate surface area is 173 Å². The Morgan fingerprint density at radius 3 is 2.83 bits per heavy atom. The number of carbonyl (C=O) groups excluding carboxylic acids is 1. The van der Waals surface area contributed by atoms with E-state index < -0.39 is 30.4 Å². The molecule has 156 valence electrons. The predicted molar refractivity (Wildman–Crippen MR) is 107 cm³/mol. The lowest BCUT2D eigenvalue weighted by Crippen LogP contribution is -2.43. The predicted octanol–water partition coefficient (Wildman–Crippen LogP) is 3.21. The van der Waals surface area contributed by atoms with Crippen LogP contribution in [-0.4, -0.2) is 52.3 Å². The molecule has 1 aromatic heterocycles. The van der Waals surface area contributed by atoms with Crippen LogP contribution in [0.3, 0.4) is 0 Å². The molecule has 0 radical (unpaired) electrons. The summed E-state index contributed by atoms with van der Waals surface area (Å²) >= 11 is 1.12. The van der Waals surface area contributed by atoms with Gasteiger partial charge < -0.3 is 18.9 Å². The van der Waals surface area contributed by atoms with Crippen LogP contribution in [0.15, 0.2) is 30.3 Å². The maximum atomic E-state index is 12.9. The van der Waals surface area contributed by atoms with Gasteiger partial charge in [-0.25, -0.2) is 0 Å². The van der Waals surface area contributed by atoms with Crippen molar-refractivity contribution in [2.75, 3.05) is 11.9 Å². The van der Waals surface area contributed by atoms with E-state index in [0.717, 1.165) is 29.9 Å². The number of nitrogens with one attached hydrogen (secondary N) is 1. The summed E-state index contributed by atoms with van der Waals surface area (Å²) in [5.41, 5.74) is 0.890. The van der Waals surface area contributed by atoms with Crippen molar-refractivity contribution in [3.8, 4) is 11.4 Å². The highest BCUT2D eigenvalue weighted by atomic mass is 32.1. The van der Waals surface area contributed by atoms with E-state index in [9.17, 15) is 4.79 Å². The fraction of sp³-hybridized carbons (Fsp3) is 0.550.